The van der Waals surface area contributed by atoms with Crippen LogP contribution in [0.4, 0.5) is 13.2 Å². The summed E-state index contributed by atoms with van der Waals surface area (Å²) in [5.41, 5.74) is -1.65. The van der Waals surface area contributed by atoms with Gasteiger partial charge in [-0.2, -0.15) is 13.2 Å². The number of benzene rings is 1. The fourth-order valence-corrected chi connectivity index (χ4v) is 6.26. The number of aliphatic hydroxyl groups excluding tert-OH is 1. The maximum absolute atomic E-state index is 13.4. The molecule has 6 nitrogen and oxygen atoms in total. The smallest absolute Gasteiger partial charge is 0.416 e. The molecule has 162 valence electrons. The van der Waals surface area contributed by atoms with E-state index in [4.69, 9.17) is 0 Å². The van der Waals surface area contributed by atoms with Crippen molar-refractivity contribution in [3.63, 3.8) is 0 Å². The van der Waals surface area contributed by atoms with Crippen molar-refractivity contribution in [2.45, 2.75) is 36.6 Å². The van der Waals surface area contributed by atoms with Gasteiger partial charge in [0.25, 0.3) is 0 Å². The molecular weight excluding hydrogens is 443 g/mol. The van der Waals surface area contributed by atoms with Crippen LogP contribution in [0.3, 0.4) is 0 Å². The second kappa shape index (κ2) is 6.81. The molecule has 0 aliphatic carbocycles. The summed E-state index contributed by atoms with van der Waals surface area (Å²) in [6.45, 7) is 3.94. The monoisotopic (exact) mass is 461 g/mol. The van der Waals surface area contributed by atoms with Crippen LogP contribution in [-0.2, 0) is 30.6 Å². The minimum absolute atomic E-state index is 0.0768. The number of hydrogen-bond acceptors (Lipinski definition) is 6. The summed E-state index contributed by atoms with van der Waals surface area (Å²) in [7, 11) is -8.69. The molecule has 0 saturated heterocycles. The molecule has 2 heterocycles. The molecule has 1 aliphatic heterocycles. The van der Waals surface area contributed by atoms with E-state index in [-0.39, 0.29) is 11.3 Å². The first kappa shape index (κ1) is 22.3. The van der Waals surface area contributed by atoms with E-state index in [0.29, 0.717) is 12.1 Å². The Morgan fingerprint density at radius 3 is 2.37 bits per heavy atom. The van der Waals surface area contributed by atoms with Crippen LogP contribution in [0.2, 0.25) is 0 Å². The lowest BCUT2D eigenvalue weighted by atomic mass is 9.97. The molecule has 0 saturated carbocycles. The van der Waals surface area contributed by atoms with E-state index in [0.717, 1.165) is 6.07 Å². The van der Waals surface area contributed by atoms with Crippen molar-refractivity contribution in [3.05, 3.63) is 58.9 Å². The third-order valence-electron chi connectivity index (χ3n) is 5.10. The highest BCUT2D eigenvalue weighted by atomic mass is 32.2. The van der Waals surface area contributed by atoms with E-state index in [1.54, 1.807) is 0 Å². The van der Waals surface area contributed by atoms with Crippen LogP contribution in [0.25, 0.3) is 10.7 Å². The molecule has 0 fully saturated rings. The largest absolute Gasteiger partial charge is 0.504 e. The van der Waals surface area contributed by atoms with E-state index in [9.17, 15) is 35.1 Å². The zero-order valence-electron chi connectivity index (χ0n) is 16.1. The van der Waals surface area contributed by atoms with Gasteiger partial charge in [0.1, 0.15) is 10.6 Å². The molecule has 2 aromatic rings. The minimum Gasteiger partial charge on any atom is -0.504 e. The van der Waals surface area contributed by atoms with Gasteiger partial charge in [-0.1, -0.05) is 19.1 Å². The van der Waals surface area contributed by atoms with Crippen LogP contribution in [0.5, 0.6) is 0 Å². The van der Waals surface area contributed by atoms with E-state index in [2.05, 4.69) is 4.98 Å². The third-order valence-corrected chi connectivity index (χ3v) is 9.39. The van der Waals surface area contributed by atoms with Crippen LogP contribution in [0.15, 0.2) is 41.4 Å². The van der Waals surface area contributed by atoms with Crippen LogP contribution >= 0.6 is 0 Å². The zero-order valence-corrected chi connectivity index (χ0v) is 17.8. The lowest BCUT2D eigenvalue weighted by molar-refractivity contribution is -0.137. The normalized spacial score (nSPS) is 18.2. The van der Waals surface area contributed by atoms with Crippen LogP contribution < -0.4 is 0 Å². The van der Waals surface area contributed by atoms with Crippen molar-refractivity contribution in [3.8, 4) is 0 Å². The Morgan fingerprint density at radius 1 is 1.17 bits per heavy atom. The van der Waals surface area contributed by atoms with Gasteiger partial charge in [-0.15, -0.1) is 0 Å². The summed E-state index contributed by atoms with van der Waals surface area (Å²) in [6.07, 6.45) is -3.52. The summed E-state index contributed by atoms with van der Waals surface area (Å²) >= 11 is 0. The van der Waals surface area contributed by atoms with Gasteiger partial charge in [0.05, 0.1) is 21.0 Å². The molecule has 1 N–H and O–H groups in total. The summed E-state index contributed by atoms with van der Waals surface area (Å²) in [6, 6.07) is 4.69. The molecule has 0 radical (unpaired) electrons. The molecule has 0 amide bonds. The average Bonchev–Trinajstić information content (AvgIpc) is 2.66. The quantitative estimate of drug-likeness (QED) is 0.743. The first-order valence-electron chi connectivity index (χ1n) is 8.74. The highest BCUT2D eigenvalue weighted by molar-refractivity contribution is 8.02. The lowest BCUT2D eigenvalue weighted by Crippen LogP contribution is -2.35. The van der Waals surface area contributed by atoms with E-state index in [1.807, 2.05) is 0 Å². The van der Waals surface area contributed by atoms with Crippen molar-refractivity contribution in [2.75, 3.05) is 5.75 Å². The number of nitrogens with zero attached hydrogens (tertiary/aromatic N) is 1. The van der Waals surface area contributed by atoms with Gasteiger partial charge in [0.15, 0.2) is 25.4 Å². The third kappa shape index (κ3) is 3.20. The molecule has 1 aromatic carbocycles. The van der Waals surface area contributed by atoms with Crippen molar-refractivity contribution in [1.29, 1.82) is 0 Å². The highest BCUT2D eigenvalue weighted by Crippen LogP contribution is 2.49. The number of hydrogen-bond donors (Lipinski definition) is 1. The number of sulfone groups is 2. The van der Waals surface area contributed by atoms with Gasteiger partial charge in [0.2, 0.25) is 0 Å². The number of rotatable bonds is 3. The summed E-state index contributed by atoms with van der Waals surface area (Å²) < 4.78 is 89.9. The molecule has 0 bridgehead atoms. The first-order valence-corrected chi connectivity index (χ1v) is 11.9. The number of aliphatic hydroxyl groups is 1. The molecule has 0 unspecified atom stereocenters. The molecule has 0 spiro atoms. The molecule has 0 atom stereocenters. The predicted octanol–water partition coefficient (Wildman–Crippen LogP) is 3.94. The maximum Gasteiger partial charge on any atom is 0.416 e. The van der Waals surface area contributed by atoms with Gasteiger partial charge >= 0.3 is 6.18 Å². The average molecular weight is 461 g/mol. The van der Waals surface area contributed by atoms with Crippen LogP contribution in [-0.4, -0.2) is 32.7 Å². The molecule has 1 aromatic heterocycles. The van der Waals surface area contributed by atoms with Crippen molar-refractivity contribution >= 4 is 30.3 Å². The zero-order chi connectivity index (χ0) is 22.7. The van der Waals surface area contributed by atoms with Crippen LogP contribution in [0, 0.1) is 0 Å². The van der Waals surface area contributed by atoms with E-state index in [1.165, 1.54) is 39.1 Å². The van der Waals surface area contributed by atoms with Crippen molar-refractivity contribution in [1.82, 2.24) is 4.98 Å². The van der Waals surface area contributed by atoms with Gasteiger partial charge in [0, 0.05) is 17.3 Å². The first-order chi connectivity index (χ1) is 13.7. The van der Waals surface area contributed by atoms with Crippen molar-refractivity contribution < 1.29 is 35.1 Å². The highest BCUT2D eigenvalue weighted by Gasteiger charge is 2.48. The Bertz CT molecular complexity index is 1280. The predicted molar refractivity (Wildman–Crippen MR) is 105 cm³/mol. The molecule has 1 aliphatic rings. The molecule has 11 heteroatoms. The fraction of sp³-hybridized carbons (Fsp3) is 0.316. The summed E-state index contributed by atoms with van der Waals surface area (Å²) in [4.78, 5) is 2.42. The number of fused-ring (bicyclic) bond motifs is 1. The Balaban J connectivity index is 2.49. The number of alkyl halides is 3. The van der Waals surface area contributed by atoms with Crippen molar-refractivity contribution in [2.24, 2.45) is 0 Å². The van der Waals surface area contributed by atoms with E-state index >= 15 is 0 Å². The van der Waals surface area contributed by atoms with Gasteiger partial charge in [-0.05, 0) is 32.0 Å². The Kier molecular flexibility index (Phi) is 5.06. The molecular formula is C19H18F3NO5S2. The van der Waals surface area contributed by atoms with Crippen LogP contribution in [0.1, 0.15) is 43.2 Å². The Morgan fingerprint density at radius 2 is 1.80 bits per heavy atom. The number of halogens is 3. The Labute approximate surface area is 171 Å². The second-order valence-corrected chi connectivity index (χ2v) is 11.9. The topological polar surface area (TPSA) is 101 Å². The minimum atomic E-state index is -4.84. The van der Waals surface area contributed by atoms with Gasteiger partial charge < -0.3 is 5.11 Å². The van der Waals surface area contributed by atoms with Gasteiger partial charge in [-0.25, -0.2) is 16.8 Å². The Hall–Kier alpha value is -2.40. The SMILES string of the molecule is CCS(=O)(=O)c1cc(C(F)(F)F)ccc1C1=C(O)c2ncccc2C(C)(C)S1(=O)=O. The summed E-state index contributed by atoms with van der Waals surface area (Å²) in [5, 5.41) is 10.8. The fourth-order valence-electron chi connectivity index (χ4n) is 3.29. The second-order valence-electron chi connectivity index (χ2n) is 7.20. The lowest BCUT2D eigenvalue weighted by Gasteiger charge is -2.33. The number of pyridine rings is 1. The van der Waals surface area contributed by atoms with Gasteiger partial charge in [-0.3, -0.25) is 4.98 Å². The number of aromatic nitrogens is 1. The maximum atomic E-state index is 13.4. The molecule has 3 rings (SSSR count). The summed E-state index contributed by atoms with van der Waals surface area (Å²) in [5.74, 6) is -1.37. The molecule has 30 heavy (non-hydrogen) atoms. The van der Waals surface area contributed by atoms with E-state index < -0.39 is 63.0 Å². The standard InChI is InChI=1S/C19H18F3NO5S2/c1-4-29(25,26)14-10-11(19(20,21)22)7-8-12(14)17-16(24)15-13(6-5-9-23-15)18(2,3)30(17,27)28/h5-10,24H,4H2,1-3H3.